The number of thiophene rings is 1. The molecule has 7 nitrogen and oxygen atoms in total. The van der Waals surface area contributed by atoms with Crippen LogP contribution in [0.2, 0.25) is 25.2 Å². The van der Waals surface area contributed by atoms with Crippen molar-refractivity contribution in [3.63, 3.8) is 0 Å². The van der Waals surface area contributed by atoms with Gasteiger partial charge in [0.15, 0.2) is 5.75 Å². The van der Waals surface area contributed by atoms with Gasteiger partial charge in [-0.3, -0.25) is 9.59 Å². The van der Waals surface area contributed by atoms with Gasteiger partial charge < -0.3 is 20.3 Å². The topological polar surface area (TPSA) is 87.7 Å². The number of nitrogens with zero attached hydrogens (tertiary/aromatic N) is 1. The zero-order valence-corrected chi connectivity index (χ0v) is 24.4. The summed E-state index contributed by atoms with van der Waals surface area (Å²) in [7, 11) is -1.17. The summed E-state index contributed by atoms with van der Waals surface area (Å²) < 4.78 is 5.55. The molecule has 38 heavy (non-hydrogen) atoms. The number of ether oxygens (including phenoxy) is 1. The van der Waals surface area contributed by atoms with E-state index in [2.05, 4.69) is 23.7 Å². The summed E-state index contributed by atoms with van der Waals surface area (Å²) in [5, 5.41) is 7.63. The SMILES string of the molecule is CC(C)(C)NC(=O)Oc1ccc(-c2cccs2)cc1NC(=O)c1ccc(C(=O)N2CC[Si](C)(C)CC2)cc1. The van der Waals surface area contributed by atoms with Gasteiger partial charge in [-0.25, -0.2) is 4.79 Å². The molecule has 0 saturated carbocycles. The van der Waals surface area contributed by atoms with Gasteiger partial charge in [-0.1, -0.05) is 19.2 Å². The van der Waals surface area contributed by atoms with Crippen molar-refractivity contribution in [1.82, 2.24) is 10.2 Å². The Morgan fingerprint density at radius 3 is 2.21 bits per heavy atom. The highest BCUT2D eigenvalue weighted by Crippen LogP contribution is 2.33. The normalized spacial score (nSPS) is 15.0. The van der Waals surface area contributed by atoms with Crippen LogP contribution in [-0.4, -0.2) is 49.5 Å². The molecular formula is C29H35N3O4SSi. The second-order valence-electron chi connectivity index (χ2n) is 11.4. The van der Waals surface area contributed by atoms with E-state index in [0.29, 0.717) is 16.8 Å². The Kier molecular flexibility index (Phi) is 8.08. The number of nitrogens with one attached hydrogen (secondary N) is 2. The van der Waals surface area contributed by atoms with Crippen molar-refractivity contribution in [3.05, 3.63) is 71.1 Å². The van der Waals surface area contributed by atoms with Crippen molar-refractivity contribution in [2.24, 2.45) is 0 Å². The van der Waals surface area contributed by atoms with Crippen LogP contribution in [0.5, 0.6) is 5.75 Å². The van der Waals surface area contributed by atoms with Crippen molar-refractivity contribution in [1.29, 1.82) is 0 Å². The van der Waals surface area contributed by atoms with Crippen molar-refractivity contribution in [2.75, 3.05) is 18.4 Å². The Morgan fingerprint density at radius 2 is 1.61 bits per heavy atom. The van der Waals surface area contributed by atoms with Gasteiger partial charge in [0.2, 0.25) is 0 Å². The van der Waals surface area contributed by atoms with Crippen molar-refractivity contribution < 1.29 is 19.1 Å². The minimum atomic E-state index is -1.17. The van der Waals surface area contributed by atoms with E-state index in [1.807, 2.05) is 49.3 Å². The minimum absolute atomic E-state index is 0.00524. The van der Waals surface area contributed by atoms with Crippen LogP contribution in [0.25, 0.3) is 10.4 Å². The lowest BCUT2D eigenvalue weighted by atomic mass is 10.1. The van der Waals surface area contributed by atoms with Crippen LogP contribution in [0.4, 0.5) is 10.5 Å². The summed E-state index contributed by atoms with van der Waals surface area (Å²) >= 11 is 1.58. The number of carbonyl (C=O) groups excluding carboxylic acids is 3. The van der Waals surface area contributed by atoms with Gasteiger partial charge in [0, 0.05) is 34.6 Å². The van der Waals surface area contributed by atoms with Gasteiger partial charge in [0.1, 0.15) is 0 Å². The maximum atomic E-state index is 13.2. The molecule has 9 heteroatoms. The van der Waals surface area contributed by atoms with Gasteiger partial charge in [-0.05, 0) is 92.3 Å². The Labute approximate surface area is 229 Å². The first-order valence-corrected chi connectivity index (χ1v) is 17.1. The van der Waals surface area contributed by atoms with Crippen LogP contribution in [0.15, 0.2) is 60.0 Å². The van der Waals surface area contributed by atoms with E-state index in [4.69, 9.17) is 4.74 Å². The zero-order chi connectivity index (χ0) is 27.5. The van der Waals surface area contributed by atoms with Gasteiger partial charge in [-0.2, -0.15) is 0 Å². The van der Waals surface area contributed by atoms with Crippen LogP contribution in [0, 0.1) is 0 Å². The first kappa shape index (κ1) is 27.6. The predicted octanol–water partition coefficient (Wildman–Crippen LogP) is 6.72. The molecule has 0 bridgehead atoms. The number of amides is 3. The summed E-state index contributed by atoms with van der Waals surface area (Å²) in [6.45, 7) is 11.9. The minimum Gasteiger partial charge on any atom is -0.408 e. The summed E-state index contributed by atoms with van der Waals surface area (Å²) in [6.07, 6.45) is -0.608. The van der Waals surface area contributed by atoms with E-state index >= 15 is 0 Å². The number of benzene rings is 2. The third-order valence-corrected chi connectivity index (χ3v) is 10.6. The Morgan fingerprint density at radius 1 is 0.947 bits per heavy atom. The highest BCUT2D eigenvalue weighted by atomic mass is 32.1. The lowest BCUT2D eigenvalue weighted by molar-refractivity contribution is 0.0764. The summed E-state index contributed by atoms with van der Waals surface area (Å²) in [5.41, 5.74) is 1.78. The molecule has 3 amide bonds. The molecule has 0 aliphatic carbocycles. The summed E-state index contributed by atoms with van der Waals surface area (Å²) in [5.74, 6) is -0.117. The summed E-state index contributed by atoms with van der Waals surface area (Å²) in [6, 6.07) is 18.2. The number of hydrogen-bond acceptors (Lipinski definition) is 5. The highest BCUT2D eigenvalue weighted by molar-refractivity contribution is 7.13. The molecule has 2 heterocycles. The first-order chi connectivity index (χ1) is 17.9. The Bertz CT molecular complexity index is 1300. The van der Waals surface area contributed by atoms with E-state index < -0.39 is 19.7 Å². The lowest BCUT2D eigenvalue weighted by Crippen LogP contribution is -2.45. The van der Waals surface area contributed by atoms with Gasteiger partial charge in [0.25, 0.3) is 11.8 Å². The molecule has 1 aromatic heterocycles. The van der Waals surface area contributed by atoms with Crippen molar-refractivity contribution in [3.8, 4) is 16.2 Å². The molecule has 4 rings (SSSR count). The second-order valence-corrected chi connectivity index (χ2v) is 17.7. The number of hydrogen-bond donors (Lipinski definition) is 2. The molecule has 1 aliphatic rings. The van der Waals surface area contributed by atoms with Crippen LogP contribution in [0.1, 0.15) is 41.5 Å². The van der Waals surface area contributed by atoms with Gasteiger partial charge in [0.05, 0.1) is 13.8 Å². The molecule has 0 atom stereocenters. The molecule has 1 saturated heterocycles. The van der Waals surface area contributed by atoms with Crippen LogP contribution >= 0.6 is 11.3 Å². The second kappa shape index (κ2) is 11.1. The van der Waals surface area contributed by atoms with Crippen LogP contribution < -0.4 is 15.4 Å². The first-order valence-electron chi connectivity index (χ1n) is 12.8. The standard InChI is InChI=1S/C29H35N3O4SSi/c1-29(2,3)31-28(35)36-24-13-12-22(25-7-6-16-37-25)19-23(24)30-26(33)20-8-10-21(11-9-20)27(34)32-14-17-38(4,5)18-15-32/h6-13,16,19H,14-15,17-18H2,1-5H3,(H,30,33)(H,31,35). The Hall–Kier alpha value is -3.43. The lowest BCUT2D eigenvalue weighted by Gasteiger charge is -2.35. The fraction of sp³-hybridized carbons (Fsp3) is 0.345. The third-order valence-electron chi connectivity index (χ3n) is 6.51. The van der Waals surface area contributed by atoms with E-state index in [-0.39, 0.29) is 17.6 Å². The average Bonchev–Trinajstić information content (AvgIpc) is 3.39. The Balaban J connectivity index is 1.51. The fourth-order valence-corrected chi connectivity index (χ4v) is 6.93. The van der Waals surface area contributed by atoms with E-state index in [1.54, 1.807) is 47.7 Å². The smallest absolute Gasteiger partial charge is 0.408 e. The zero-order valence-electron chi connectivity index (χ0n) is 22.6. The molecule has 2 N–H and O–H groups in total. The number of carbonyl (C=O) groups is 3. The highest BCUT2D eigenvalue weighted by Gasteiger charge is 2.30. The average molecular weight is 550 g/mol. The van der Waals surface area contributed by atoms with Gasteiger partial charge >= 0.3 is 6.09 Å². The van der Waals surface area contributed by atoms with Crippen LogP contribution in [0.3, 0.4) is 0 Å². The summed E-state index contributed by atoms with van der Waals surface area (Å²) in [4.78, 5) is 41.5. The quantitative estimate of drug-likeness (QED) is 0.346. The molecule has 0 unspecified atom stereocenters. The molecule has 0 spiro atoms. The van der Waals surface area contributed by atoms with Crippen molar-refractivity contribution in [2.45, 2.75) is 51.5 Å². The van der Waals surface area contributed by atoms with E-state index in [1.165, 1.54) is 0 Å². The number of anilines is 1. The largest absolute Gasteiger partial charge is 0.413 e. The monoisotopic (exact) mass is 549 g/mol. The molecule has 0 radical (unpaired) electrons. The molecular weight excluding hydrogens is 514 g/mol. The number of rotatable bonds is 5. The molecule has 1 fully saturated rings. The predicted molar refractivity (Wildman–Crippen MR) is 156 cm³/mol. The molecule has 200 valence electrons. The van der Waals surface area contributed by atoms with Crippen LogP contribution in [-0.2, 0) is 0 Å². The molecule has 1 aliphatic heterocycles. The third kappa shape index (κ3) is 7.11. The van der Waals surface area contributed by atoms with Crippen molar-refractivity contribution >= 4 is 43.0 Å². The maximum Gasteiger partial charge on any atom is 0.413 e. The van der Waals surface area contributed by atoms with E-state index in [0.717, 1.165) is 35.6 Å². The fourth-order valence-electron chi connectivity index (χ4n) is 4.20. The van der Waals surface area contributed by atoms with Gasteiger partial charge in [-0.15, -0.1) is 11.3 Å². The molecule has 3 aromatic rings. The maximum absolute atomic E-state index is 13.2. The molecule has 2 aromatic carbocycles. The van der Waals surface area contributed by atoms with E-state index in [9.17, 15) is 14.4 Å².